The fourth-order valence-corrected chi connectivity index (χ4v) is 3.42. The molecule has 2 atom stereocenters. The Balaban J connectivity index is 1.84. The van der Waals surface area contributed by atoms with Crippen molar-refractivity contribution in [3.8, 4) is 0 Å². The van der Waals surface area contributed by atoms with Crippen molar-refractivity contribution in [3.63, 3.8) is 0 Å². The SMILES string of the molecule is CC1CCCC1(CNC1CC1)c1ccccc1. The van der Waals surface area contributed by atoms with Gasteiger partial charge in [0.2, 0.25) is 0 Å². The number of benzene rings is 1. The lowest BCUT2D eigenvalue weighted by Gasteiger charge is -2.35. The van der Waals surface area contributed by atoms with Gasteiger partial charge in [-0.05, 0) is 37.2 Å². The van der Waals surface area contributed by atoms with Gasteiger partial charge < -0.3 is 5.32 Å². The minimum atomic E-state index is 0.407. The van der Waals surface area contributed by atoms with Gasteiger partial charge in [0.25, 0.3) is 0 Å². The van der Waals surface area contributed by atoms with E-state index in [2.05, 4.69) is 42.6 Å². The maximum atomic E-state index is 3.77. The molecule has 2 unspecified atom stereocenters. The zero-order valence-electron chi connectivity index (χ0n) is 10.8. The molecule has 0 heterocycles. The summed E-state index contributed by atoms with van der Waals surface area (Å²) < 4.78 is 0. The molecular weight excluding hydrogens is 206 g/mol. The lowest BCUT2D eigenvalue weighted by atomic mass is 9.73. The Kier molecular flexibility index (Phi) is 2.96. The summed E-state index contributed by atoms with van der Waals surface area (Å²) >= 11 is 0. The third-order valence-electron chi connectivity index (χ3n) is 4.84. The Bertz CT molecular complexity index is 368. The van der Waals surface area contributed by atoms with Crippen molar-refractivity contribution in [2.75, 3.05) is 6.54 Å². The second kappa shape index (κ2) is 4.45. The molecule has 17 heavy (non-hydrogen) atoms. The molecule has 1 heteroatoms. The van der Waals surface area contributed by atoms with Gasteiger partial charge in [0.15, 0.2) is 0 Å². The van der Waals surface area contributed by atoms with Gasteiger partial charge in [-0.3, -0.25) is 0 Å². The molecule has 0 spiro atoms. The van der Waals surface area contributed by atoms with E-state index in [9.17, 15) is 0 Å². The van der Waals surface area contributed by atoms with E-state index in [0.29, 0.717) is 5.41 Å². The summed E-state index contributed by atoms with van der Waals surface area (Å²) in [4.78, 5) is 0. The molecule has 1 aromatic rings. The van der Waals surface area contributed by atoms with E-state index < -0.39 is 0 Å². The molecule has 92 valence electrons. The van der Waals surface area contributed by atoms with Crippen LogP contribution in [-0.4, -0.2) is 12.6 Å². The predicted octanol–water partition coefficient (Wildman–Crippen LogP) is 3.50. The fourth-order valence-electron chi connectivity index (χ4n) is 3.42. The summed E-state index contributed by atoms with van der Waals surface area (Å²) in [7, 11) is 0. The van der Waals surface area contributed by atoms with Gasteiger partial charge in [0.1, 0.15) is 0 Å². The molecule has 1 aromatic carbocycles. The Morgan fingerprint density at radius 2 is 1.94 bits per heavy atom. The first-order chi connectivity index (χ1) is 8.31. The van der Waals surface area contributed by atoms with Crippen LogP contribution in [0.3, 0.4) is 0 Å². The fraction of sp³-hybridized carbons (Fsp3) is 0.625. The van der Waals surface area contributed by atoms with E-state index in [1.165, 1.54) is 38.6 Å². The van der Waals surface area contributed by atoms with Crippen LogP contribution in [-0.2, 0) is 5.41 Å². The third kappa shape index (κ3) is 2.13. The standard InChI is InChI=1S/C16H23N/c1-13-6-5-11-16(13,12-17-15-9-10-15)14-7-3-2-4-8-14/h2-4,7-8,13,15,17H,5-6,9-12H2,1H3. The van der Waals surface area contributed by atoms with Crippen molar-refractivity contribution < 1.29 is 0 Å². The molecule has 3 rings (SSSR count). The smallest absolute Gasteiger partial charge is 0.0103 e. The van der Waals surface area contributed by atoms with Gasteiger partial charge >= 0.3 is 0 Å². The van der Waals surface area contributed by atoms with E-state index >= 15 is 0 Å². The number of hydrogen-bond acceptors (Lipinski definition) is 1. The van der Waals surface area contributed by atoms with Crippen molar-refractivity contribution in [3.05, 3.63) is 35.9 Å². The van der Waals surface area contributed by atoms with Crippen molar-refractivity contribution in [1.29, 1.82) is 0 Å². The van der Waals surface area contributed by atoms with Crippen LogP contribution in [0.1, 0.15) is 44.6 Å². The minimum absolute atomic E-state index is 0.407. The molecule has 0 radical (unpaired) electrons. The zero-order chi connectivity index (χ0) is 11.7. The molecule has 2 fully saturated rings. The molecule has 0 aromatic heterocycles. The Hall–Kier alpha value is -0.820. The molecule has 1 N–H and O–H groups in total. The van der Waals surface area contributed by atoms with Crippen molar-refractivity contribution in [2.24, 2.45) is 5.92 Å². The number of nitrogens with one attached hydrogen (secondary N) is 1. The van der Waals surface area contributed by atoms with Crippen molar-refractivity contribution >= 4 is 0 Å². The van der Waals surface area contributed by atoms with Crippen molar-refractivity contribution in [1.82, 2.24) is 5.32 Å². The highest BCUT2D eigenvalue weighted by atomic mass is 15.0. The highest BCUT2D eigenvalue weighted by Gasteiger charge is 2.42. The Labute approximate surface area is 105 Å². The quantitative estimate of drug-likeness (QED) is 0.833. The first kappa shape index (κ1) is 11.3. The largest absolute Gasteiger partial charge is 0.313 e. The summed E-state index contributed by atoms with van der Waals surface area (Å²) in [6, 6.07) is 12.0. The van der Waals surface area contributed by atoms with Crippen LogP contribution < -0.4 is 5.32 Å². The van der Waals surface area contributed by atoms with Gasteiger partial charge in [0, 0.05) is 18.0 Å². The monoisotopic (exact) mass is 229 g/mol. The molecule has 0 bridgehead atoms. The van der Waals surface area contributed by atoms with Gasteiger partial charge in [-0.15, -0.1) is 0 Å². The van der Waals surface area contributed by atoms with E-state index in [4.69, 9.17) is 0 Å². The summed E-state index contributed by atoms with van der Waals surface area (Å²) in [5.74, 6) is 0.816. The Morgan fingerprint density at radius 1 is 1.18 bits per heavy atom. The maximum Gasteiger partial charge on any atom is 0.0103 e. The first-order valence-corrected chi connectivity index (χ1v) is 7.10. The lowest BCUT2D eigenvalue weighted by Crippen LogP contribution is -2.41. The summed E-state index contributed by atoms with van der Waals surface area (Å²) in [6.45, 7) is 3.62. The van der Waals surface area contributed by atoms with Gasteiger partial charge in [-0.25, -0.2) is 0 Å². The maximum absolute atomic E-state index is 3.77. The molecule has 0 amide bonds. The Morgan fingerprint density at radius 3 is 2.53 bits per heavy atom. The second-order valence-corrected chi connectivity index (χ2v) is 5.97. The number of hydrogen-bond donors (Lipinski definition) is 1. The van der Waals surface area contributed by atoms with E-state index in [0.717, 1.165) is 12.0 Å². The van der Waals surface area contributed by atoms with E-state index in [1.807, 2.05) is 0 Å². The average molecular weight is 229 g/mol. The van der Waals surface area contributed by atoms with E-state index in [1.54, 1.807) is 5.56 Å². The lowest BCUT2D eigenvalue weighted by molar-refractivity contribution is 0.316. The molecule has 0 saturated heterocycles. The van der Waals surface area contributed by atoms with Crippen LogP contribution in [0.15, 0.2) is 30.3 Å². The minimum Gasteiger partial charge on any atom is -0.313 e. The van der Waals surface area contributed by atoms with Crippen LogP contribution in [0.5, 0.6) is 0 Å². The van der Waals surface area contributed by atoms with Gasteiger partial charge in [0.05, 0.1) is 0 Å². The van der Waals surface area contributed by atoms with Crippen LogP contribution >= 0.6 is 0 Å². The third-order valence-corrected chi connectivity index (χ3v) is 4.84. The summed E-state index contributed by atoms with van der Waals surface area (Å²) in [5.41, 5.74) is 1.96. The molecular formula is C16H23N. The van der Waals surface area contributed by atoms with Crippen LogP contribution in [0.4, 0.5) is 0 Å². The normalized spacial score (nSPS) is 32.9. The topological polar surface area (TPSA) is 12.0 Å². The molecule has 2 aliphatic carbocycles. The summed E-state index contributed by atoms with van der Waals surface area (Å²) in [6.07, 6.45) is 6.92. The average Bonchev–Trinajstić information content (AvgIpc) is 3.12. The van der Waals surface area contributed by atoms with Crippen LogP contribution in [0, 0.1) is 5.92 Å². The van der Waals surface area contributed by atoms with E-state index in [-0.39, 0.29) is 0 Å². The van der Waals surface area contributed by atoms with Crippen LogP contribution in [0.25, 0.3) is 0 Å². The molecule has 2 saturated carbocycles. The first-order valence-electron chi connectivity index (χ1n) is 7.10. The molecule has 1 nitrogen and oxygen atoms in total. The second-order valence-electron chi connectivity index (χ2n) is 5.97. The highest BCUT2D eigenvalue weighted by Crippen LogP contribution is 2.45. The predicted molar refractivity (Wildman–Crippen MR) is 72.2 cm³/mol. The highest BCUT2D eigenvalue weighted by molar-refractivity contribution is 5.28. The van der Waals surface area contributed by atoms with Crippen LogP contribution in [0.2, 0.25) is 0 Å². The van der Waals surface area contributed by atoms with Gasteiger partial charge in [-0.2, -0.15) is 0 Å². The molecule has 0 aliphatic heterocycles. The zero-order valence-corrected chi connectivity index (χ0v) is 10.8. The van der Waals surface area contributed by atoms with Crippen molar-refractivity contribution in [2.45, 2.75) is 50.5 Å². The summed E-state index contributed by atoms with van der Waals surface area (Å²) in [5, 5.41) is 3.77. The van der Waals surface area contributed by atoms with Gasteiger partial charge in [-0.1, -0.05) is 43.7 Å². The number of rotatable bonds is 4. The molecule has 2 aliphatic rings.